The first-order valence-electron chi connectivity index (χ1n) is 58.1. The number of rotatable bonds is 99. The Kier molecular flexibility index (Phi) is 94.3. The van der Waals surface area contributed by atoms with Gasteiger partial charge in [-0.25, -0.2) is 4.70 Å². The van der Waals surface area contributed by atoms with Crippen molar-refractivity contribution in [3.8, 4) is 11.8 Å². The van der Waals surface area contributed by atoms with E-state index < -0.39 is 0 Å². The third-order valence-electron chi connectivity index (χ3n) is 28.2. The number of hydrogen-bond donors (Lipinski definition) is 0. The summed E-state index contributed by atoms with van der Waals surface area (Å²) in [6.45, 7) is 13.8. The third kappa shape index (κ3) is 76.8. The Bertz CT molecular complexity index is 2590. The molecule has 2 nitrogen and oxygen atoms in total. The van der Waals surface area contributed by atoms with Crippen LogP contribution in [0.5, 0.6) is 0 Å². The van der Waals surface area contributed by atoms with Gasteiger partial charge >= 0.3 is 169 Å². The summed E-state index contributed by atoms with van der Waals surface area (Å²) >= 11 is 1.05. The molecule has 3 rings (SSSR count). The third-order valence-corrected chi connectivity index (χ3v) is 30.4. The molecule has 0 saturated carbocycles. The van der Waals surface area contributed by atoms with Crippen LogP contribution in [0, 0.1) is 11.8 Å². The van der Waals surface area contributed by atoms with Crippen LogP contribution in [-0.4, -0.2) is 4.70 Å². The Labute approximate surface area is 795 Å². The normalized spacial score (nSPS) is 12.3. The molecule has 2 aromatic rings. The van der Waals surface area contributed by atoms with Crippen molar-refractivity contribution in [1.29, 1.82) is 0 Å². The van der Waals surface area contributed by atoms with Crippen molar-refractivity contribution in [2.75, 3.05) is 0 Å². The topological polar surface area (TPSA) is 25.3 Å². The molecular weight excluding hydrogens is 1600 g/mol. The summed E-state index contributed by atoms with van der Waals surface area (Å²) in [6, 6.07) is 18.0. The predicted octanol–water partition coefficient (Wildman–Crippen LogP) is 44.6. The van der Waals surface area contributed by atoms with Crippen LogP contribution < -0.4 is 0 Å². The van der Waals surface area contributed by atoms with E-state index in [-0.39, 0.29) is 0 Å². The van der Waals surface area contributed by atoms with Gasteiger partial charge in [-0.2, -0.15) is 0 Å². The van der Waals surface area contributed by atoms with E-state index in [0.29, 0.717) is 0 Å². The number of hydrogen-bond acceptors (Lipinski definition) is 0. The molecule has 0 unspecified atom stereocenters. The van der Waals surface area contributed by atoms with Crippen LogP contribution in [0.1, 0.15) is 667 Å². The van der Waals surface area contributed by atoms with Crippen LogP contribution >= 0.6 is 0 Å². The molecule has 3 heteroatoms. The predicted molar refractivity (Wildman–Crippen MR) is 563 cm³/mol. The van der Waals surface area contributed by atoms with Crippen LogP contribution in [0.15, 0.2) is 59.7 Å². The summed E-state index contributed by atoms with van der Waals surface area (Å²) in [7, 11) is 0. The molecule has 2 aromatic carbocycles. The first-order valence-corrected chi connectivity index (χ1v) is 60.3. The van der Waals surface area contributed by atoms with Gasteiger partial charge in [-0.15, -0.1) is 11.8 Å². The molecule has 1 heterocycles. The van der Waals surface area contributed by atoms with Gasteiger partial charge in [0.2, 0.25) is 11.4 Å². The van der Waals surface area contributed by atoms with E-state index in [0.717, 1.165) is 87.2 Å². The molecule has 0 fully saturated rings. The summed E-state index contributed by atoms with van der Waals surface area (Å²) in [5.74, 6) is 6.96. The quantitative estimate of drug-likeness (QED) is 0.0273. The average Bonchev–Trinajstić information content (AvgIpc) is 1.60. The van der Waals surface area contributed by atoms with Crippen molar-refractivity contribution < 1.29 is 22.7 Å². The van der Waals surface area contributed by atoms with E-state index in [9.17, 15) is 5.53 Å². The molecule has 0 atom stereocenters. The summed E-state index contributed by atoms with van der Waals surface area (Å²) in [5.41, 5.74) is 22.3. The zero-order chi connectivity index (χ0) is 89.3. The SMILES string of the molecule is CCCCCCCC#CCCc1ccccc1C1=C(CCCCCC)C(CCCC)=C(c2cccc(CCCCCCCCCCCCCCCCCCCCCCCCCCCCC)c2)[N+]1=[N-].CCCCCCCCCCCCCCCCCCCCCCCCCCC[CH2][Pd][CH2]CCCCCCCCCCCCCCCCCCCCCCCCCCC. The van der Waals surface area contributed by atoms with E-state index in [1.165, 1.54) is 592 Å². The minimum atomic E-state index is 0.862. The van der Waals surface area contributed by atoms with Gasteiger partial charge in [-0.05, 0) is 80.7 Å². The van der Waals surface area contributed by atoms with Crippen LogP contribution in [0.2, 0.25) is 9.79 Å². The summed E-state index contributed by atoms with van der Waals surface area (Å²) in [6.07, 6.45) is 136. The molecule has 1 aliphatic rings. The first-order chi connectivity index (χ1) is 62.1. The summed E-state index contributed by atoms with van der Waals surface area (Å²) in [5, 5.41) is 0. The van der Waals surface area contributed by atoms with Gasteiger partial charge in [0.05, 0.1) is 0 Å². The van der Waals surface area contributed by atoms with Crippen LogP contribution in [-0.2, 0) is 30.8 Å². The zero-order valence-corrected chi connectivity index (χ0v) is 87.7. The van der Waals surface area contributed by atoms with Gasteiger partial charge in [-0.1, -0.05) is 483 Å². The molecule has 0 aliphatic carbocycles. The van der Waals surface area contributed by atoms with Crippen molar-refractivity contribution in [2.45, 2.75) is 668 Å². The average molecular weight is 1820 g/mol. The fourth-order valence-electron chi connectivity index (χ4n) is 19.7. The van der Waals surface area contributed by atoms with Gasteiger partial charge in [0.1, 0.15) is 0 Å². The van der Waals surface area contributed by atoms with E-state index >= 15 is 0 Å². The molecule has 0 N–H and O–H groups in total. The number of benzene rings is 2. The number of unbranched alkanes of at least 4 members (excludes halogenated alkanes) is 85. The van der Waals surface area contributed by atoms with Crippen molar-refractivity contribution in [2.24, 2.45) is 0 Å². The molecule has 0 spiro atoms. The first kappa shape index (κ1) is 119. The summed E-state index contributed by atoms with van der Waals surface area (Å²) < 4.78 is 1.61. The summed E-state index contributed by atoms with van der Waals surface area (Å²) in [4.78, 5) is 3.10. The minimum absolute atomic E-state index is 0.862. The second-order valence-electron chi connectivity index (χ2n) is 40.4. The van der Waals surface area contributed by atoms with Crippen molar-refractivity contribution in [1.82, 2.24) is 0 Å². The fourth-order valence-corrected chi connectivity index (χ4v) is 21.7. The number of aryl methyl sites for hydroxylation is 2. The molecule has 730 valence electrons. The number of nitrogens with zero attached hydrogens (tertiary/aromatic N) is 2. The molecule has 1 aliphatic heterocycles. The van der Waals surface area contributed by atoms with Crippen molar-refractivity contribution in [3.05, 3.63) is 87.5 Å². The molecule has 0 bridgehead atoms. The van der Waals surface area contributed by atoms with Crippen LogP contribution in [0.25, 0.3) is 16.9 Å². The minimum Gasteiger partial charge on any atom is -0.0654 e. The Morgan fingerprint density at radius 3 is 0.768 bits per heavy atom. The van der Waals surface area contributed by atoms with Crippen LogP contribution in [0.3, 0.4) is 0 Å². The molecular formula is C122H222N2Pd. The second kappa shape index (κ2) is 99.2. The molecule has 0 aromatic heterocycles. The Balaban J connectivity index is 0.000000862. The fraction of sp³-hybridized carbons (Fsp3) is 0.852. The van der Waals surface area contributed by atoms with E-state index in [1.807, 2.05) is 0 Å². The zero-order valence-electron chi connectivity index (χ0n) is 86.1. The number of allylic oxidation sites excluding steroid dienone is 2. The Morgan fingerprint density at radius 1 is 0.216 bits per heavy atom. The van der Waals surface area contributed by atoms with Gasteiger partial charge in [0.15, 0.2) is 0 Å². The van der Waals surface area contributed by atoms with Gasteiger partial charge in [0.25, 0.3) is 0 Å². The Hall–Kier alpha value is -2.26. The van der Waals surface area contributed by atoms with Crippen molar-refractivity contribution >= 4 is 11.4 Å². The second-order valence-corrected chi connectivity index (χ2v) is 42.7. The van der Waals surface area contributed by atoms with E-state index in [2.05, 4.69) is 102 Å². The molecule has 0 saturated heterocycles. The van der Waals surface area contributed by atoms with Crippen molar-refractivity contribution in [3.63, 3.8) is 0 Å². The standard InChI is InChI=1S/C66H108N2.2C28H57.Pd/c1-5-9-13-16-18-20-21-22-23-24-25-26-27-28-29-30-31-32-33-34-35-36-37-39-40-42-44-50-59-51-49-54-61(58-59)65-63(55-12-8-4)64(57-46-15-11-7-3)66(68(65)67)62-56-48-47-53-60(62)52-45-43-41-38-19-17-14-10-6-2;2*1-3-5-7-9-11-13-15-17-19-21-23-25-27-28-26-24-22-20-18-16-14-12-10-8-6-4-2;/h47-49,51,53-54,56,58H,5-40,42,44-46,50,52,55,57H2,1-4H3;2*1,3-28H2,2H3;. The van der Waals surface area contributed by atoms with Gasteiger partial charge in [-0.3, -0.25) is 0 Å². The van der Waals surface area contributed by atoms with Gasteiger partial charge < -0.3 is 5.53 Å². The molecule has 125 heavy (non-hydrogen) atoms. The molecule has 0 amide bonds. The maximum absolute atomic E-state index is 12.4. The van der Waals surface area contributed by atoms with Gasteiger partial charge in [0, 0.05) is 35.1 Å². The smallest absolute Gasteiger partial charge is 0.0654 e. The van der Waals surface area contributed by atoms with Crippen LogP contribution in [0.4, 0.5) is 0 Å². The van der Waals surface area contributed by atoms with E-state index in [4.69, 9.17) is 0 Å². The Morgan fingerprint density at radius 2 is 0.456 bits per heavy atom. The molecule has 0 radical (unpaired) electrons. The maximum atomic E-state index is 12.4. The monoisotopic (exact) mass is 1820 g/mol. The van der Waals surface area contributed by atoms with E-state index in [1.54, 1.807) is 14.5 Å².